The highest BCUT2D eigenvalue weighted by molar-refractivity contribution is 5.86. The first-order valence-corrected chi connectivity index (χ1v) is 15.4. The maximum atomic E-state index is 13.2. The molecular formula is C36H50FN3O4. The number of aromatic nitrogens is 1. The van der Waals surface area contributed by atoms with Crippen molar-refractivity contribution < 1.29 is 24.1 Å². The predicted octanol–water partition coefficient (Wildman–Crippen LogP) is 6.91. The number of carboxylic acid groups (broad SMARTS) is 1. The number of benzene rings is 2. The van der Waals surface area contributed by atoms with Crippen molar-refractivity contribution in [1.29, 1.82) is 0 Å². The zero-order valence-electron chi connectivity index (χ0n) is 27.7. The molecule has 1 aliphatic heterocycles. The van der Waals surface area contributed by atoms with Crippen LogP contribution in [-0.4, -0.2) is 65.5 Å². The van der Waals surface area contributed by atoms with E-state index in [4.69, 9.17) is 14.8 Å². The number of piperidine rings is 1. The molecule has 7 nitrogen and oxygen atoms in total. The van der Waals surface area contributed by atoms with Gasteiger partial charge in [-0.2, -0.15) is 0 Å². The highest BCUT2D eigenvalue weighted by Crippen LogP contribution is 2.42. The molecule has 0 saturated carbocycles. The van der Waals surface area contributed by atoms with Crippen LogP contribution in [0.15, 0.2) is 48.5 Å². The molecule has 0 amide bonds. The minimum absolute atomic E-state index is 0.0662. The lowest BCUT2D eigenvalue weighted by Gasteiger charge is -2.40. The van der Waals surface area contributed by atoms with Gasteiger partial charge in [-0.25, -0.2) is 4.39 Å². The van der Waals surface area contributed by atoms with E-state index in [2.05, 4.69) is 18.7 Å². The Morgan fingerprint density at radius 1 is 1.05 bits per heavy atom. The van der Waals surface area contributed by atoms with E-state index in [0.29, 0.717) is 19.6 Å². The first-order chi connectivity index (χ1) is 20.5. The number of anilines is 1. The molecule has 0 spiro atoms. The second-order valence-electron chi connectivity index (χ2n) is 13.7. The first-order valence-electron chi connectivity index (χ1n) is 15.4. The fraction of sp³-hybridized carbons (Fsp3) is 0.500. The third-order valence-electron chi connectivity index (χ3n) is 7.48. The Hall–Kier alpha value is -3.49. The summed E-state index contributed by atoms with van der Waals surface area (Å²) in [7, 11) is 3.96. The van der Waals surface area contributed by atoms with Crippen LogP contribution in [0.2, 0.25) is 0 Å². The van der Waals surface area contributed by atoms with Gasteiger partial charge in [0.1, 0.15) is 11.6 Å². The first kappa shape index (κ1) is 35.0. The van der Waals surface area contributed by atoms with Crippen LogP contribution in [-0.2, 0) is 24.2 Å². The van der Waals surface area contributed by atoms with E-state index in [1.165, 1.54) is 12.1 Å². The SMILES string of the molecule is CC(C)(C)O.Cc1nc(CN(C)C)c(CC(=O)O)c(N2CCC(C)(C)CC2)c1-c1ccc(OCCc2ccc(F)cc2)cc1. The number of aliphatic hydroxyl groups is 1. The lowest BCUT2D eigenvalue weighted by Crippen LogP contribution is -2.38. The average molecular weight is 608 g/mol. The molecule has 2 N–H and O–H groups in total. The molecule has 1 saturated heterocycles. The molecule has 8 heteroatoms. The van der Waals surface area contributed by atoms with E-state index < -0.39 is 11.6 Å². The van der Waals surface area contributed by atoms with Gasteiger partial charge in [-0.1, -0.05) is 38.1 Å². The largest absolute Gasteiger partial charge is 0.493 e. The Balaban J connectivity index is 0.000000978. The number of aliphatic carboxylic acids is 1. The lowest BCUT2D eigenvalue weighted by atomic mass is 9.82. The molecular weight excluding hydrogens is 557 g/mol. The summed E-state index contributed by atoms with van der Waals surface area (Å²) < 4.78 is 19.1. The van der Waals surface area contributed by atoms with Crippen molar-refractivity contribution in [1.82, 2.24) is 9.88 Å². The van der Waals surface area contributed by atoms with Crippen molar-refractivity contribution in [3.63, 3.8) is 0 Å². The van der Waals surface area contributed by atoms with Crippen molar-refractivity contribution in [2.24, 2.45) is 5.41 Å². The Morgan fingerprint density at radius 2 is 1.61 bits per heavy atom. The van der Waals surface area contributed by atoms with Gasteiger partial charge in [-0.3, -0.25) is 9.78 Å². The third-order valence-corrected chi connectivity index (χ3v) is 7.48. The second-order valence-corrected chi connectivity index (χ2v) is 13.7. The summed E-state index contributed by atoms with van der Waals surface area (Å²) in [6.45, 7) is 14.7. The molecule has 3 aromatic rings. The summed E-state index contributed by atoms with van der Waals surface area (Å²) >= 11 is 0. The van der Waals surface area contributed by atoms with E-state index in [1.54, 1.807) is 32.9 Å². The van der Waals surface area contributed by atoms with Crippen LogP contribution >= 0.6 is 0 Å². The molecule has 44 heavy (non-hydrogen) atoms. The number of nitrogens with zero attached hydrogens (tertiary/aromatic N) is 3. The number of hydrogen-bond acceptors (Lipinski definition) is 6. The van der Waals surface area contributed by atoms with E-state index in [0.717, 1.165) is 71.0 Å². The topological polar surface area (TPSA) is 86.1 Å². The zero-order valence-corrected chi connectivity index (χ0v) is 27.7. The Kier molecular flexibility index (Phi) is 11.9. The number of pyridine rings is 1. The van der Waals surface area contributed by atoms with Crippen LogP contribution in [0.1, 0.15) is 70.0 Å². The minimum Gasteiger partial charge on any atom is -0.493 e. The molecule has 0 aliphatic carbocycles. The molecule has 0 unspecified atom stereocenters. The summed E-state index contributed by atoms with van der Waals surface area (Å²) in [5, 5.41) is 18.4. The molecule has 1 fully saturated rings. The van der Waals surface area contributed by atoms with Gasteiger partial charge in [0, 0.05) is 42.9 Å². The van der Waals surface area contributed by atoms with Crippen molar-refractivity contribution >= 4 is 11.7 Å². The maximum absolute atomic E-state index is 13.2. The normalized spacial score (nSPS) is 14.7. The third kappa shape index (κ3) is 10.9. The monoisotopic (exact) mass is 607 g/mol. The molecule has 0 radical (unpaired) electrons. The molecule has 1 aromatic heterocycles. The van der Waals surface area contributed by atoms with Crippen LogP contribution < -0.4 is 9.64 Å². The molecule has 240 valence electrons. The highest BCUT2D eigenvalue weighted by Gasteiger charge is 2.31. The number of aryl methyl sites for hydroxylation is 1. The fourth-order valence-corrected chi connectivity index (χ4v) is 5.24. The van der Waals surface area contributed by atoms with Crippen LogP contribution in [0.25, 0.3) is 11.1 Å². The van der Waals surface area contributed by atoms with E-state index in [1.807, 2.05) is 50.2 Å². The van der Waals surface area contributed by atoms with E-state index in [-0.39, 0.29) is 17.7 Å². The van der Waals surface area contributed by atoms with Gasteiger partial charge >= 0.3 is 5.97 Å². The molecule has 0 bridgehead atoms. The van der Waals surface area contributed by atoms with Gasteiger partial charge in [-0.15, -0.1) is 0 Å². The number of halogens is 1. The lowest BCUT2D eigenvalue weighted by molar-refractivity contribution is -0.136. The number of ether oxygens (including phenoxy) is 1. The van der Waals surface area contributed by atoms with Gasteiger partial charge in [0.15, 0.2) is 0 Å². The fourth-order valence-electron chi connectivity index (χ4n) is 5.24. The standard InChI is InChI=1S/C32H40FN3O3.C4H10O/c1-22-30(24-8-12-26(13-9-24)39-19-14-23-6-10-25(33)11-7-23)31(36-17-15-32(2,3)16-18-36)27(20-29(37)38)28(34-22)21-35(4)5;1-4(2,3)5/h6-13H,14-21H2,1-5H3,(H,37,38);5H,1-3H3. The second kappa shape index (κ2) is 15.0. The maximum Gasteiger partial charge on any atom is 0.307 e. The van der Waals surface area contributed by atoms with Gasteiger partial charge in [0.25, 0.3) is 0 Å². The Bertz CT molecular complexity index is 1360. The van der Waals surface area contributed by atoms with Crippen molar-refractivity contribution in [3.05, 3.63) is 76.9 Å². The smallest absolute Gasteiger partial charge is 0.307 e. The molecule has 2 heterocycles. The predicted molar refractivity (Wildman–Crippen MR) is 176 cm³/mol. The van der Waals surface area contributed by atoms with Crippen LogP contribution in [0.3, 0.4) is 0 Å². The molecule has 1 aliphatic rings. The minimum atomic E-state index is -0.852. The Labute approximate surface area is 262 Å². The highest BCUT2D eigenvalue weighted by atomic mass is 19.1. The number of hydrogen-bond donors (Lipinski definition) is 2. The summed E-state index contributed by atoms with van der Waals surface area (Å²) in [5.74, 6) is -0.341. The molecule has 2 aromatic carbocycles. The summed E-state index contributed by atoms with van der Waals surface area (Å²) in [6.07, 6.45) is 2.71. The number of carboxylic acids is 1. The van der Waals surface area contributed by atoms with Gasteiger partial charge in [-0.05, 0) is 95.4 Å². The van der Waals surface area contributed by atoms with E-state index >= 15 is 0 Å². The zero-order chi connectivity index (χ0) is 32.7. The number of rotatable bonds is 10. The van der Waals surface area contributed by atoms with Crippen LogP contribution in [0.5, 0.6) is 5.75 Å². The van der Waals surface area contributed by atoms with Crippen LogP contribution in [0.4, 0.5) is 10.1 Å². The van der Waals surface area contributed by atoms with E-state index in [9.17, 15) is 14.3 Å². The van der Waals surface area contributed by atoms with Gasteiger partial charge in [0.05, 0.1) is 30.0 Å². The number of carbonyl (C=O) groups is 1. The van der Waals surface area contributed by atoms with Crippen LogP contribution in [0, 0.1) is 18.2 Å². The Morgan fingerprint density at radius 3 is 2.14 bits per heavy atom. The van der Waals surface area contributed by atoms with Gasteiger partial charge in [0.2, 0.25) is 0 Å². The molecule has 4 rings (SSSR count). The van der Waals surface area contributed by atoms with Gasteiger partial charge < -0.3 is 24.7 Å². The summed E-state index contributed by atoms with van der Waals surface area (Å²) in [4.78, 5) is 21.4. The van der Waals surface area contributed by atoms with Crippen molar-refractivity contribution in [3.8, 4) is 16.9 Å². The molecule has 0 atom stereocenters. The van der Waals surface area contributed by atoms with Crippen molar-refractivity contribution in [2.75, 3.05) is 38.7 Å². The summed E-state index contributed by atoms with van der Waals surface area (Å²) in [6, 6.07) is 14.4. The quantitative estimate of drug-likeness (QED) is 0.259. The average Bonchev–Trinajstić information content (AvgIpc) is 2.90. The van der Waals surface area contributed by atoms with Crippen molar-refractivity contribution in [2.45, 2.75) is 79.4 Å². The summed E-state index contributed by atoms with van der Waals surface area (Å²) in [5.41, 5.74) is 6.30.